The summed E-state index contributed by atoms with van der Waals surface area (Å²) in [6, 6.07) is 1.01. The van der Waals surface area contributed by atoms with Crippen molar-refractivity contribution in [2.45, 2.75) is 18.2 Å². The normalized spacial score (nSPS) is 11.4. The van der Waals surface area contributed by atoms with Gasteiger partial charge in [-0.05, 0) is 18.6 Å². The summed E-state index contributed by atoms with van der Waals surface area (Å²) in [5, 5.41) is 0. The Hall–Kier alpha value is -1.25. The third kappa shape index (κ3) is 5.22. The Labute approximate surface area is 125 Å². The molecular weight excluding hydrogens is 330 g/mol. The lowest BCUT2D eigenvalue weighted by molar-refractivity contribution is 0.0313. The van der Waals surface area contributed by atoms with Crippen LogP contribution in [0, 0.1) is 11.6 Å². The Morgan fingerprint density at radius 2 is 1.90 bits per heavy atom. The Morgan fingerprint density at radius 1 is 1.24 bits per heavy atom. The molecule has 0 unspecified atom stereocenters. The molecule has 0 bridgehead atoms. The molecule has 0 aliphatic carbocycles. The Morgan fingerprint density at radius 3 is 2.48 bits per heavy atom. The molecule has 0 aliphatic heterocycles. The molecular formula is C12H13ClF2O5S. The largest absolute Gasteiger partial charge is 0.460 e. The summed E-state index contributed by atoms with van der Waals surface area (Å²) >= 11 is 0. The van der Waals surface area contributed by atoms with Crippen LogP contribution in [0.2, 0.25) is 0 Å². The standard InChI is InChI=1S/C12H13ClF2O5S/c1-2-3-19-4-5-20-12(16)9-6-8(21(13,17)18)7-10(14)11(9)15/h6-7H,2-5H2,1H3. The first kappa shape index (κ1) is 17.8. The van der Waals surface area contributed by atoms with Crippen molar-refractivity contribution in [2.75, 3.05) is 19.8 Å². The SMILES string of the molecule is CCCOCCOC(=O)c1cc(S(=O)(=O)Cl)cc(F)c1F. The molecule has 1 aromatic carbocycles. The van der Waals surface area contributed by atoms with Crippen LogP contribution in [-0.4, -0.2) is 34.2 Å². The number of rotatable bonds is 7. The molecule has 0 amide bonds. The Bertz CT molecular complexity index is 618. The first-order chi connectivity index (χ1) is 9.77. The quantitative estimate of drug-likeness (QED) is 0.432. The van der Waals surface area contributed by atoms with Gasteiger partial charge in [0.1, 0.15) is 6.61 Å². The van der Waals surface area contributed by atoms with Crippen LogP contribution in [-0.2, 0) is 18.5 Å². The predicted molar refractivity (Wildman–Crippen MR) is 70.8 cm³/mol. The van der Waals surface area contributed by atoms with Gasteiger partial charge in [-0.25, -0.2) is 22.0 Å². The van der Waals surface area contributed by atoms with Gasteiger partial charge in [-0.2, -0.15) is 0 Å². The van der Waals surface area contributed by atoms with Gasteiger partial charge >= 0.3 is 5.97 Å². The van der Waals surface area contributed by atoms with E-state index >= 15 is 0 Å². The fourth-order valence-corrected chi connectivity index (χ4v) is 2.14. The number of hydrogen-bond acceptors (Lipinski definition) is 5. The van der Waals surface area contributed by atoms with Gasteiger partial charge in [-0.1, -0.05) is 6.92 Å². The first-order valence-corrected chi connectivity index (χ1v) is 8.27. The number of benzene rings is 1. The topological polar surface area (TPSA) is 69.7 Å². The zero-order chi connectivity index (χ0) is 16.0. The van der Waals surface area contributed by atoms with E-state index in [1.165, 1.54) is 0 Å². The molecule has 0 fully saturated rings. The average Bonchev–Trinajstić information content (AvgIpc) is 2.40. The van der Waals surface area contributed by atoms with E-state index in [0.717, 1.165) is 6.42 Å². The molecule has 1 rings (SSSR count). The second-order valence-electron chi connectivity index (χ2n) is 3.95. The number of carbonyl (C=O) groups excluding carboxylic acids is 1. The molecule has 0 aliphatic rings. The van der Waals surface area contributed by atoms with E-state index < -0.39 is 37.1 Å². The van der Waals surface area contributed by atoms with E-state index in [-0.39, 0.29) is 13.2 Å². The van der Waals surface area contributed by atoms with E-state index in [2.05, 4.69) is 4.74 Å². The molecule has 0 atom stereocenters. The maximum Gasteiger partial charge on any atom is 0.341 e. The number of ether oxygens (including phenoxy) is 2. The fourth-order valence-electron chi connectivity index (χ4n) is 1.37. The number of halogens is 3. The van der Waals surface area contributed by atoms with Crippen LogP contribution in [0.15, 0.2) is 17.0 Å². The molecule has 0 saturated carbocycles. The van der Waals surface area contributed by atoms with Crippen LogP contribution in [0.3, 0.4) is 0 Å². The summed E-state index contributed by atoms with van der Waals surface area (Å²) in [6.07, 6.45) is 0.781. The highest BCUT2D eigenvalue weighted by Gasteiger charge is 2.22. The van der Waals surface area contributed by atoms with E-state index in [0.29, 0.717) is 18.7 Å². The highest BCUT2D eigenvalue weighted by Crippen LogP contribution is 2.22. The van der Waals surface area contributed by atoms with Crippen molar-refractivity contribution in [1.82, 2.24) is 0 Å². The summed E-state index contributed by atoms with van der Waals surface area (Å²) in [4.78, 5) is 10.9. The minimum Gasteiger partial charge on any atom is -0.460 e. The van der Waals surface area contributed by atoms with E-state index in [4.69, 9.17) is 15.4 Å². The van der Waals surface area contributed by atoms with Gasteiger partial charge in [-0.3, -0.25) is 0 Å². The van der Waals surface area contributed by atoms with Crippen molar-refractivity contribution in [3.63, 3.8) is 0 Å². The van der Waals surface area contributed by atoms with Crippen molar-refractivity contribution in [1.29, 1.82) is 0 Å². The molecule has 118 valence electrons. The van der Waals surface area contributed by atoms with Crippen molar-refractivity contribution < 1.29 is 31.5 Å². The minimum absolute atomic E-state index is 0.0944. The van der Waals surface area contributed by atoms with Crippen LogP contribution in [0.1, 0.15) is 23.7 Å². The monoisotopic (exact) mass is 342 g/mol. The maximum atomic E-state index is 13.5. The highest BCUT2D eigenvalue weighted by molar-refractivity contribution is 8.13. The second kappa shape index (κ2) is 7.67. The molecule has 0 spiro atoms. The first-order valence-electron chi connectivity index (χ1n) is 5.96. The third-order valence-corrected chi connectivity index (χ3v) is 3.65. The summed E-state index contributed by atoms with van der Waals surface area (Å²) in [5.41, 5.74) is -0.843. The van der Waals surface area contributed by atoms with Crippen LogP contribution in [0.4, 0.5) is 8.78 Å². The summed E-state index contributed by atoms with van der Waals surface area (Å²) in [5.74, 6) is -4.21. The predicted octanol–water partition coefficient (Wildman–Crippen LogP) is 2.48. The van der Waals surface area contributed by atoms with Gasteiger partial charge in [0.2, 0.25) is 0 Å². The minimum atomic E-state index is -4.30. The molecule has 0 aromatic heterocycles. The van der Waals surface area contributed by atoms with Gasteiger partial charge in [0, 0.05) is 17.3 Å². The number of hydrogen-bond donors (Lipinski definition) is 0. The fraction of sp³-hybridized carbons (Fsp3) is 0.417. The Kier molecular flexibility index (Phi) is 6.50. The van der Waals surface area contributed by atoms with Gasteiger partial charge in [0.15, 0.2) is 11.6 Å². The van der Waals surface area contributed by atoms with Gasteiger partial charge in [0.05, 0.1) is 17.1 Å². The summed E-state index contributed by atoms with van der Waals surface area (Å²) in [6.45, 7) is 2.29. The molecule has 9 heteroatoms. The molecule has 5 nitrogen and oxygen atoms in total. The van der Waals surface area contributed by atoms with E-state index in [9.17, 15) is 22.0 Å². The molecule has 1 aromatic rings. The lowest BCUT2D eigenvalue weighted by Gasteiger charge is -2.08. The molecule has 0 saturated heterocycles. The third-order valence-electron chi connectivity index (χ3n) is 2.31. The van der Waals surface area contributed by atoms with Crippen LogP contribution < -0.4 is 0 Å². The molecule has 0 N–H and O–H groups in total. The Balaban J connectivity index is 2.86. The number of esters is 1. The highest BCUT2D eigenvalue weighted by atomic mass is 35.7. The second-order valence-corrected chi connectivity index (χ2v) is 6.52. The zero-order valence-electron chi connectivity index (χ0n) is 11.1. The van der Waals surface area contributed by atoms with Gasteiger partial charge in [0.25, 0.3) is 9.05 Å². The smallest absolute Gasteiger partial charge is 0.341 e. The van der Waals surface area contributed by atoms with Crippen LogP contribution in [0.5, 0.6) is 0 Å². The van der Waals surface area contributed by atoms with Gasteiger partial charge < -0.3 is 9.47 Å². The van der Waals surface area contributed by atoms with E-state index in [1.807, 2.05) is 6.92 Å². The van der Waals surface area contributed by atoms with Crippen LogP contribution >= 0.6 is 10.7 Å². The van der Waals surface area contributed by atoms with E-state index in [1.54, 1.807) is 0 Å². The van der Waals surface area contributed by atoms with Crippen LogP contribution in [0.25, 0.3) is 0 Å². The average molecular weight is 343 g/mol. The van der Waals surface area contributed by atoms with Crippen molar-refractivity contribution in [2.24, 2.45) is 0 Å². The maximum absolute atomic E-state index is 13.5. The van der Waals surface area contributed by atoms with Crippen molar-refractivity contribution in [3.8, 4) is 0 Å². The van der Waals surface area contributed by atoms with Gasteiger partial charge in [-0.15, -0.1) is 0 Å². The zero-order valence-corrected chi connectivity index (χ0v) is 12.6. The number of carbonyl (C=O) groups is 1. The summed E-state index contributed by atoms with van der Waals surface area (Å²) < 4.78 is 58.7. The molecule has 21 heavy (non-hydrogen) atoms. The molecule has 0 radical (unpaired) electrons. The summed E-state index contributed by atoms with van der Waals surface area (Å²) in [7, 11) is 0.735. The lowest BCUT2D eigenvalue weighted by Crippen LogP contribution is -2.14. The lowest BCUT2D eigenvalue weighted by atomic mass is 10.2. The van der Waals surface area contributed by atoms with Crippen molar-refractivity contribution >= 4 is 25.7 Å². The van der Waals surface area contributed by atoms with Crippen molar-refractivity contribution in [3.05, 3.63) is 29.3 Å². The molecule has 0 heterocycles.